The molecule has 1 aliphatic rings. The summed E-state index contributed by atoms with van der Waals surface area (Å²) in [6, 6.07) is 6.11. The van der Waals surface area contributed by atoms with Crippen molar-refractivity contribution in [1.29, 1.82) is 0 Å². The summed E-state index contributed by atoms with van der Waals surface area (Å²) in [5.74, 6) is 0.370. The van der Waals surface area contributed by atoms with E-state index in [4.69, 9.17) is 0 Å². The van der Waals surface area contributed by atoms with Crippen LogP contribution in [-0.2, 0) is 0 Å². The number of benzene rings is 1. The van der Waals surface area contributed by atoms with E-state index >= 15 is 0 Å². The monoisotopic (exact) mass is 273 g/mol. The Balaban J connectivity index is 1.79. The van der Waals surface area contributed by atoms with Gasteiger partial charge in [0.1, 0.15) is 5.82 Å². The van der Waals surface area contributed by atoms with Crippen molar-refractivity contribution in [3.63, 3.8) is 0 Å². The minimum absolute atomic E-state index is 0.271. The van der Waals surface area contributed by atoms with Crippen molar-refractivity contribution in [3.8, 4) is 5.69 Å². The molecule has 1 aromatic carbocycles. The van der Waals surface area contributed by atoms with Gasteiger partial charge >= 0.3 is 0 Å². The first-order valence-electron chi connectivity index (χ1n) is 6.79. The first-order chi connectivity index (χ1) is 9.83. The van der Waals surface area contributed by atoms with Crippen molar-refractivity contribution < 1.29 is 4.39 Å². The van der Waals surface area contributed by atoms with Gasteiger partial charge in [-0.15, -0.1) is 5.10 Å². The number of hydrogen-bond donors (Lipinski definition) is 0. The minimum Gasteiger partial charge on any atom is -0.377 e. The van der Waals surface area contributed by atoms with Gasteiger partial charge in [-0.1, -0.05) is 0 Å². The molecule has 5 nitrogen and oxygen atoms in total. The molecule has 0 atom stereocenters. The van der Waals surface area contributed by atoms with E-state index in [2.05, 4.69) is 20.4 Å². The Kier molecular flexibility index (Phi) is 3.71. The van der Waals surface area contributed by atoms with E-state index in [1.54, 1.807) is 16.8 Å². The highest BCUT2D eigenvalue weighted by Gasteiger charge is 2.08. The molecule has 0 amide bonds. The van der Waals surface area contributed by atoms with Crippen molar-refractivity contribution in [1.82, 2.24) is 25.1 Å². The molecule has 104 valence electrons. The number of piperidine rings is 1. The van der Waals surface area contributed by atoms with Gasteiger partial charge in [0, 0.05) is 25.4 Å². The zero-order valence-electron chi connectivity index (χ0n) is 11.1. The average molecular weight is 273 g/mol. The summed E-state index contributed by atoms with van der Waals surface area (Å²) in [6.07, 6.45) is 7.69. The van der Waals surface area contributed by atoms with E-state index in [1.165, 1.54) is 31.4 Å². The minimum atomic E-state index is -0.271. The van der Waals surface area contributed by atoms with Crippen LogP contribution in [0.15, 0.2) is 30.5 Å². The van der Waals surface area contributed by atoms with E-state index in [1.807, 2.05) is 12.3 Å². The zero-order chi connectivity index (χ0) is 13.8. The van der Waals surface area contributed by atoms with E-state index < -0.39 is 0 Å². The van der Waals surface area contributed by atoms with Crippen LogP contribution >= 0.6 is 0 Å². The molecule has 0 saturated carbocycles. The maximum absolute atomic E-state index is 12.9. The summed E-state index contributed by atoms with van der Waals surface area (Å²) >= 11 is 0. The third-order valence-corrected chi connectivity index (χ3v) is 3.39. The Morgan fingerprint density at radius 3 is 2.55 bits per heavy atom. The van der Waals surface area contributed by atoms with Crippen LogP contribution in [0.5, 0.6) is 0 Å². The van der Waals surface area contributed by atoms with Gasteiger partial charge in [-0.3, -0.25) is 0 Å². The smallest absolute Gasteiger partial charge is 0.181 e. The molecule has 0 spiro atoms. The molecule has 0 aliphatic carbocycles. The van der Waals surface area contributed by atoms with E-state index in [0.29, 0.717) is 5.82 Å². The van der Waals surface area contributed by atoms with Gasteiger partial charge in [-0.05, 0) is 54.0 Å². The van der Waals surface area contributed by atoms with Crippen LogP contribution in [0.2, 0.25) is 0 Å². The number of hydrogen-bond acceptors (Lipinski definition) is 4. The summed E-state index contributed by atoms with van der Waals surface area (Å²) in [5, 5.41) is 11.6. The second-order valence-corrected chi connectivity index (χ2v) is 4.84. The normalized spacial score (nSPS) is 15.9. The highest BCUT2D eigenvalue weighted by molar-refractivity contribution is 5.44. The zero-order valence-corrected chi connectivity index (χ0v) is 11.1. The number of likely N-dealkylation sites (tertiary alicyclic amines) is 1. The molecule has 0 bridgehead atoms. The van der Waals surface area contributed by atoms with E-state index in [0.717, 1.165) is 18.8 Å². The van der Waals surface area contributed by atoms with Crippen LogP contribution in [0, 0.1) is 5.82 Å². The molecule has 6 heteroatoms. The van der Waals surface area contributed by atoms with Crippen LogP contribution in [0.3, 0.4) is 0 Å². The first-order valence-corrected chi connectivity index (χ1v) is 6.79. The second kappa shape index (κ2) is 5.81. The Morgan fingerprint density at radius 2 is 1.80 bits per heavy atom. The fourth-order valence-corrected chi connectivity index (χ4v) is 2.30. The maximum atomic E-state index is 12.9. The van der Waals surface area contributed by atoms with Crippen molar-refractivity contribution in [2.45, 2.75) is 19.3 Å². The molecule has 1 aliphatic heterocycles. The van der Waals surface area contributed by atoms with Crippen molar-refractivity contribution in [2.24, 2.45) is 0 Å². The van der Waals surface area contributed by atoms with Gasteiger partial charge in [0.15, 0.2) is 5.82 Å². The molecule has 1 aromatic heterocycles. The number of nitrogens with zero attached hydrogens (tertiary/aromatic N) is 5. The standard InChI is InChI=1S/C14H16FN5/c15-12-4-6-13(7-5-12)20-14(16-17-18-20)8-11-19-9-2-1-3-10-19/h4-8,11H,1-3,9-10H2/b11-8-. The summed E-state index contributed by atoms with van der Waals surface area (Å²) in [5.41, 5.74) is 0.745. The maximum Gasteiger partial charge on any atom is 0.181 e. The summed E-state index contributed by atoms with van der Waals surface area (Å²) in [7, 11) is 0. The molecule has 1 fully saturated rings. The lowest BCUT2D eigenvalue weighted by molar-refractivity contribution is 0.311. The predicted octanol–water partition coefficient (Wildman–Crippen LogP) is 2.26. The topological polar surface area (TPSA) is 46.8 Å². The molecular weight excluding hydrogens is 257 g/mol. The van der Waals surface area contributed by atoms with Gasteiger partial charge in [-0.2, -0.15) is 4.68 Å². The van der Waals surface area contributed by atoms with Gasteiger partial charge in [-0.25, -0.2) is 4.39 Å². The highest BCUT2D eigenvalue weighted by Crippen LogP contribution is 2.12. The Labute approximate surface area is 116 Å². The molecule has 1 saturated heterocycles. The quantitative estimate of drug-likeness (QED) is 0.860. The van der Waals surface area contributed by atoms with Crippen LogP contribution in [0.1, 0.15) is 25.1 Å². The molecular formula is C14H16FN5. The van der Waals surface area contributed by atoms with Gasteiger partial charge < -0.3 is 4.90 Å². The lowest BCUT2D eigenvalue weighted by atomic mass is 10.1. The molecule has 2 heterocycles. The third-order valence-electron chi connectivity index (χ3n) is 3.39. The summed E-state index contributed by atoms with van der Waals surface area (Å²) in [6.45, 7) is 2.16. The molecule has 3 rings (SSSR count). The Hall–Kier alpha value is -2.24. The van der Waals surface area contributed by atoms with Gasteiger partial charge in [0.2, 0.25) is 0 Å². The van der Waals surface area contributed by atoms with Crippen LogP contribution in [0.4, 0.5) is 4.39 Å². The lowest BCUT2D eigenvalue weighted by Gasteiger charge is -2.24. The van der Waals surface area contributed by atoms with Crippen LogP contribution in [0.25, 0.3) is 11.8 Å². The summed E-state index contributed by atoms with van der Waals surface area (Å²) < 4.78 is 14.5. The fraction of sp³-hybridized carbons (Fsp3) is 0.357. The highest BCUT2D eigenvalue weighted by atomic mass is 19.1. The second-order valence-electron chi connectivity index (χ2n) is 4.84. The van der Waals surface area contributed by atoms with Crippen molar-refractivity contribution in [2.75, 3.05) is 13.1 Å². The molecule has 2 aromatic rings. The SMILES string of the molecule is Fc1ccc(-n2nnnc2/C=C\N2CCCCC2)cc1. The van der Waals surface area contributed by atoms with Crippen molar-refractivity contribution >= 4 is 6.08 Å². The van der Waals surface area contributed by atoms with Gasteiger partial charge in [0.25, 0.3) is 0 Å². The van der Waals surface area contributed by atoms with E-state index in [9.17, 15) is 4.39 Å². The molecule has 0 radical (unpaired) electrons. The number of aromatic nitrogens is 4. The first kappa shape index (κ1) is 12.8. The van der Waals surface area contributed by atoms with Crippen LogP contribution < -0.4 is 0 Å². The average Bonchev–Trinajstić information content (AvgIpc) is 2.95. The van der Waals surface area contributed by atoms with Crippen molar-refractivity contribution in [3.05, 3.63) is 42.1 Å². The van der Waals surface area contributed by atoms with Gasteiger partial charge in [0.05, 0.1) is 5.69 Å². The Bertz CT molecular complexity index is 584. The summed E-state index contributed by atoms with van der Waals surface area (Å²) in [4.78, 5) is 2.27. The fourth-order valence-electron chi connectivity index (χ4n) is 2.30. The number of halogens is 1. The Morgan fingerprint density at radius 1 is 1.05 bits per heavy atom. The third kappa shape index (κ3) is 2.84. The molecule has 0 unspecified atom stereocenters. The number of tetrazole rings is 1. The molecule has 0 N–H and O–H groups in total. The lowest BCUT2D eigenvalue weighted by Crippen LogP contribution is -2.24. The van der Waals surface area contributed by atoms with E-state index in [-0.39, 0.29) is 5.82 Å². The number of rotatable bonds is 3. The predicted molar refractivity (Wildman–Crippen MR) is 73.6 cm³/mol. The van der Waals surface area contributed by atoms with Crippen LogP contribution in [-0.4, -0.2) is 38.2 Å². The largest absolute Gasteiger partial charge is 0.377 e. The molecule has 20 heavy (non-hydrogen) atoms.